The van der Waals surface area contributed by atoms with Crippen LogP contribution in [0.15, 0.2) is 52.3 Å². The molecule has 1 unspecified atom stereocenters. The third-order valence-corrected chi connectivity index (χ3v) is 10.2. The first-order valence-electron chi connectivity index (χ1n) is 12.9. The summed E-state index contributed by atoms with van der Waals surface area (Å²) in [7, 11) is -2.34. The number of carboxylic acid groups (broad SMARTS) is 1. The number of H-pyrrole nitrogens is 1. The Morgan fingerprint density at radius 2 is 2.00 bits per heavy atom. The van der Waals surface area contributed by atoms with Gasteiger partial charge in [0.1, 0.15) is 5.56 Å². The summed E-state index contributed by atoms with van der Waals surface area (Å²) in [5.41, 5.74) is 2.50. The third kappa shape index (κ3) is 4.48. The molecule has 1 atom stereocenters. The SMILES string of the molecule is COc1c(-c2cc3c(s2)CCCC3NS(=O)(=O)c2cccc(C#N)c2)c(C2CC2)cc2c(=O)c(C(=O)O)c[nH]c12. The van der Waals surface area contributed by atoms with Crippen LogP contribution in [-0.4, -0.2) is 31.6 Å². The number of thiophene rings is 1. The highest BCUT2D eigenvalue weighted by atomic mass is 32.2. The molecular weight excluding hydrogens is 550 g/mol. The Morgan fingerprint density at radius 1 is 1.20 bits per heavy atom. The predicted molar refractivity (Wildman–Crippen MR) is 151 cm³/mol. The Balaban J connectivity index is 1.46. The Bertz CT molecular complexity index is 1900. The molecule has 2 heterocycles. The zero-order valence-electron chi connectivity index (χ0n) is 21.5. The Labute approximate surface area is 234 Å². The van der Waals surface area contributed by atoms with Crippen molar-refractivity contribution in [1.29, 1.82) is 5.26 Å². The molecule has 2 aliphatic rings. The van der Waals surface area contributed by atoms with E-state index in [0.717, 1.165) is 52.1 Å². The van der Waals surface area contributed by atoms with Crippen LogP contribution in [0.25, 0.3) is 21.3 Å². The molecule has 9 nitrogen and oxygen atoms in total. The summed E-state index contributed by atoms with van der Waals surface area (Å²) in [5, 5.41) is 18.9. The van der Waals surface area contributed by atoms with Gasteiger partial charge in [-0.25, -0.2) is 17.9 Å². The number of nitrogens with zero attached hydrogens (tertiary/aromatic N) is 1. The molecule has 2 aromatic heterocycles. The van der Waals surface area contributed by atoms with E-state index in [1.165, 1.54) is 25.4 Å². The Morgan fingerprint density at radius 3 is 2.70 bits per heavy atom. The van der Waals surface area contributed by atoms with E-state index in [9.17, 15) is 28.4 Å². The molecule has 0 amide bonds. The highest BCUT2D eigenvalue weighted by Gasteiger charge is 2.33. The van der Waals surface area contributed by atoms with Gasteiger partial charge in [-0.1, -0.05) is 6.07 Å². The fourth-order valence-corrected chi connectivity index (χ4v) is 8.10. The first-order chi connectivity index (χ1) is 19.2. The van der Waals surface area contributed by atoms with Crippen molar-refractivity contribution in [2.24, 2.45) is 0 Å². The average Bonchev–Trinajstić information content (AvgIpc) is 3.70. The van der Waals surface area contributed by atoms with Gasteiger partial charge in [-0.2, -0.15) is 5.26 Å². The number of aromatic nitrogens is 1. The lowest BCUT2D eigenvalue weighted by Crippen LogP contribution is -2.30. The molecule has 0 radical (unpaired) electrons. The number of benzene rings is 2. The largest absolute Gasteiger partial charge is 0.494 e. The number of nitrogens with one attached hydrogen (secondary N) is 2. The summed E-state index contributed by atoms with van der Waals surface area (Å²) < 4.78 is 35.2. The van der Waals surface area contributed by atoms with Gasteiger partial charge >= 0.3 is 5.97 Å². The van der Waals surface area contributed by atoms with Crippen LogP contribution in [0.4, 0.5) is 0 Å². The van der Waals surface area contributed by atoms with Gasteiger partial charge in [0.05, 0.1) is 34.5 Å². The van der Waals surface area contributed by atoms with Gasteiger partial charge in [-0.3, -0.25) is 4.79 Å². The normalized spacial score (nSPS) is 16.9. The number of rotatable bonds is 7. The number of ether oxygens (including phenoxy) is 1. The summed E-state index contributed by atoms with van der Waals surface area (Å²) in [5.74, 6) is -0.600. The second-order valence-corrected chi connectivity index (χ2v) is 13.0. The number of pyridine rings is 1. The summed E-state index contributed by atoms with van der Waals surface area (Å²) >= 11 is 1.59. The van der Waals surface area contributed by atoms with Gasteiger partial charge in [-0.05, 0) is 79.5 Å². The molecule has 1 fully saturated rings. The number of aromatic amines is 1. The number of sulfonamides is 1. The summed E-state index contributed by atoms with van der Waals surface area (Å²) in [6.07, 6.45) is 5.36. The molecule has 0 aliphatic heterocycles. The molecule has 1 saturated carbocycles. The van der Waals surface area contributed by atoms with Crippen LogP contribution in [0, 0.1) is 11.3 Å². The minimum absolute atomic E-state index is 0.0472. The van der Waals surface area contributed by atoms with E-state index >= 15 is 0 Å². The quantitative estimate of drug-likeness (QED) is 0.279. The molecule has 0 bridgehead atoms. The lowest BCUT2D eigenvalue weighted by molar-refractivity contribution is 0.0695. The van der Waals surface area contributed by atoms with Crippen molar-refractivity contribution in [1.82, 2.24) is 9.71 Å². The molecule has 3 N–H and O–H groups in total. The fraction of sp³-hybridized carbons (Fsp3) is 0.276. The Kier molecular flexibility index (Phi) is 6.49. The summed E-state index contributed by atoms with van der Waals surface area (Å²) in [4.78, 5) is 29.6. The van der Waals surface area contributed by atoms with E-state index in [2.05, 4.69) is 9.71 Å². The van der Waals surface area contributed by atoms with Crippen LogP contribution >= 0.6 is 11.3 Å². The van der Waals surface area contributed by atoms with E-state index in [1.807, 2.05) is 12.1 Å². The molecule has 0 spiro atoms. The van der Waals surface area contributed by atoms with Gasteiger partial charge in [0.15, 0.2) is 5.75 Å². The average molecular weight is 576 g/mol. The molecule has 4 aromatic rings. The second kappa shape index (κ2) is 9.89. The van der Waals surface area contributed by atoms with Crippen molar-refractivity contribution >= 4 is 38.2 Å². The smallest absolute Gasteiger partial charge is 0.341 e. The van der Waals surface area contributed by atoms with Crippen LogP contribution in [0.5, 0.6) is 5.75 Å². The topological polar surface area (TPSA) is 149 Å². The highest BCUT2D eigenvalue weighted by molar-refractivity contribution is 7.89. The summed E-state index contributed by atoms with van der Waals surface area (Å²) in [6, 6.07) is 11.3. The van der Waals surface area contributed by atoms with Crippen LogP contribution in [0.2, 0.25) is 0 Å². The van der Waals surface area contributed by atoms with Crippen molar-refractivity contribution in [3.8, 4) is 22.3 Å². The van der Waals surface area contributed by atoms with Crippen molar-refractivity contribution in [3.05, 3.63) is 79.9 Å². The number of aromatic carboxylic acids is 1. The third-order valence-electron chi connectivity index (χ3n) is 7.54. The molecule has 2 aromatic carbocycles. The molecule has 2 aliphatic carbocycles. The minimum Gasteiger partial charge on any atom is -0.494 e. The number of carbonyl (C=O) groups is 1. The molecule has 6 rings (SSSR count). The van der Waals surface area contributed by atoms with E-state index in [0.29, 0.717) is 17.7 Å². The molecule has 11 heteroatoms. The van der Waals surface area contributed by atoms with Gasteiger partial charge in [0.2, 0.25) is 15.5 Å². The van der Waals surface area contributed by atoms with Crippen LogP contribution in [0.3, 0.4) is 0 Å². The van der Waals surface area contributed by atoms with Gasteiger partial charge in [-0.15, -0.1) is 11.3 Å². The van der Waals surface area contributed by atoms with Gasteiger partial charge < -0.3 is 14.8 Å². The zero-order chi connectivity index (χ0) is 28.2. The monoisotopic (exact) mass is 575 g/mol. The zero-order valence-corrected chi connectivity index (χ0v) is 23.1. The van der Waals surface area contributed by atoms with Crippen LogP contribution < -0.4 is 14.9 Å². The van der Waals surface area contributed by atoms with Crippen LogP contribution in [0.1, 0.15) is 69.6 Å². The highest BCUT2D eigenvalue weighted by Crippen LogP contribution is 2.52. The fourth-order valence-electron chi connectivity index (χ4n) is 5.48. The molecular formula is C29H25N3O6S2. The van der Waals surface area contributed by atoms with Crippen molar-refractivity contribution in [2.75, 3.05) is 7.11 Å². The number of methoxy groups -OCH3 is 1. The number of carboxylic acids is 1. The van der Waals surface area contributed by atoms with E-state index in [1.54, 1.807) is 29.5 Å². The molecule has 40 heavy (non-hydrogen) atoms. The maximum absolute atomic E-state index is 13.2. The standard InChI is InChI=1S/C29H25N3O6S2/c1-38-28-25(18(16-8-9-16)11-20-26(28)31-14-21(27(20)33)29(34)35)24-12-19-22(6-3-7-23(19)39-24)32-40(36,37)17-5-2-4-15(10-17)13-30/h2,4-5,10-12,14,16,22,32H,3,6-9H2,1H3,(H,31,33)(H,34,35). The Hall–Kier alpha value is -3.98. The second-order valence-electron chi connectivity index (χ2n) is 10.1. The number of aryl methyl sites for hydroxylation is 1. The van der Waals surface area contributed by atoms with Crippen LogP contribution in [-0.2, 0) is 16.4 Å². The lowest BCUT2D eigenvalue weighted by atomic mass is 9.92. The van der Waals surface area contributed by atoms with Gasteiger partial charge in [0, 0.05) is 27.6 Å². The van der Waals surface area contributed by atoms with Gasteiger partial charge in [0.25, 0.3) is 0 Å². The molecule has 204 valence electrons. The molecule has 0 saturated heterocycles. The predicted octanol–water partition coefficient (Wildman–Crippen LogP) is 5.07. The minimum atomic E-state index is -3.87. The maximum Gasteiger partial charge on any atom is 0.341 e. The maximum atomic E-state index is 13.2. The van der Waals surface area contributed by atoms with E-state index in [4.69, 9.17) is 4.74 Å². The summed E-state index contributed by atoms with van der Waals surface area (Å²) in [6.45, 7) is 0. The number of hydrogen-bond acceptors (Lipinski definition) is 7. The van der Waals surface area contributed by atoms with Crippen molar-refractivity contribution < 1.29 is 23.1 Å². The number of hydrogen-bond donors (Lipinski definition) is 3. The van der Waals surface area contributed by atoms with E-state index in [-0.39, 0.29) is 27.3 Å². The van der Waals surface area contributed by atoms with Crippen molar-refractivity contribution in [2.45, 2.75) is 49.0 Å². The van der Waals surface area contributed by atoms with E-state index < -0.39 is 27.5 Å². The first-order valence-corrected chi connectivity index (χ1v) is 15.2. The lowest BCUT2D eigenvalue weighted by Gasteiger charge is -2.23. The number of fused-ring (bicyclic) bond motifs is 2. The number of nitriles is 1. The first kappa shape index (κ1) is 26.3. The van der Waals surface area contributed by atoms with Crippen molar-refractivity contribution in [3.63, 3.8) is 0 Å².